The number of methoxy groups -OCH3 is 2. The number of hydrogen-bond acceptors (Lipinski definition) is 8. The minimum absolute atomic E-state index is 0.0580. The third-order valence-electron chi connectivity index (χ3n) is 8.53. The maximum Gasteiger partial charge on any atom is 0.573 e. The van der Waals surface area contributed by atoms with Crippen LogP contribution in [0.25, 0.3) is 0 Å². The third-order valence-corrected chi connectivity index (χ3v) is 10.5. The Bertz CT molecular complexity index is 1820. The number of nitrogens with one attached hydrogen (secondary N) is 1. The summed E-state index contributed by atoms with van der Waals surface area (Å²) in [5.41, 5.74) is -1.90. The highest BCUT2D eigenvalue weighted by molar-refractivity contribution is 7.93. The number of ether oxygens (including phenoxy) is 3. The zero-order valence-electron chi connectivity index (χ0n) is 25.0. The fourth-order valence-corrected chi connectivity index (χ4v) is 8.52. The van der Waals surface area contributed by atoms with E-state index in [0.29, 0.717) is 4.31 Å². The summed E-state index contributed by atoms with van der Waals surface area (Å²) in [4.78, 5) is 28.1. The smallest absolute Gasteiger partial charge is 0.496 e. The summed E-state index contributed by atoms with van der Waals surface area (Å²) in [6.45, 7) is -0.158. The van der Waals surface area contributed by atoms with Gasteiger partial charge in [0.05, 0.1) is 38.1 Å². The van der Waals surface area contributed by atoms with Crippen molar-refractivity contribution in [2.75, 3.05) is 39.2 Å². The molecule has 2 unspecified atom stereocenters. The average molecular weight is 685 g/mol. The van der Waals surface area contributed by atoms with Crippen molar-refractivity contribution in [3.63, 3.8) is 0 Å². The van der Waals surface area contributed by atoms with Crippen molar-refractivity contribution in [2.24, 2.45) is 0 Å². The number of hydrogen-bond donors (Lipinski definition) is 2. The van der Waals surface area contributed by atoms with Crippen LogP contribution >= 0.6 is 11.6 Å². The Morgan fingerprint density at radius 2 is 1.74 bits per heavy atom. The maximum atomic E-state index is 15.3. The molecule has 0 bridgehead atoms. The molecule has 3 aromatic rings. The van der Waals surface area contributed by atoms with E-state index in [-0.39, 0.29) is 40.6 Å². The van der Waals surface area contributed by atoms with Crippen molar-refractivity contribution in [3.05, 3.63) is 76.8 Å². The molecule has 2 N–H and O–H groups in total. The van der Waals surface area contributed by atoms with Gasteiger partial charge in [-0.3, -0.25) is 14.1 Å². The molecule has 16 heteroatoms. The lowest BCUT2D eigenvalue weighted by atomic mass is 9.78. The summed E-state index contributed by atoms with van der Waals surface area (Å²) in [6, 6.07) is 11.8. The van der Waals surface area contributed by atoms with Gasteiger partial charge in [0.25, 0.3) is 15.9 Å². The number of sulfonamides is 1. The summed E-state index contributed by atoms with van der Waals surface area (Å²) in [6.07, 6.45) is -6.19. The summed E-state index contributed by atoms with van der Waals surface area (Å²) in [5, 5.41) is 13.7. The maximum absolute atomic E-state index is 15.3. The fourth-order valence-electron chi connectivity index (χ4n) is 6.75. The van der Waals surface area contributed by atoms with Gasteiger partial charge in [0.2, 0.25) is 5.54 Å². The van der Waals surface area contributed by atoms with Crippen LogP contribution in [-0.2, 0) is 25.2 Å². The number of likely N-dealkylation sites (tertiary alicyclic amines) is 1. The van der Waals surface area contributed by atoms with Crippen LogP contribution < -0.4 is 23.8 Å². The molecule has 46 heavy (non-hydrogen) atoms. The lowest BCUT2D eigenvalue weighted by Gasteiger charge is -2.48. The number of nitrogens with zero attached hydrogens (tertiary/aromatic N) is 2. The number of benzene rings is 3. The van der Waals surface area contributed by atoms with Crippen molar-refractivity contribution in [3.8, 4) is 17.2 Å². The molecule has 5 rings (SSSR count). The van der Waals surface area contributed by atoms with E-state index in [0.717, 1.165) is 25.3 Å². The Balaban J connectivity index is 1.85. The number of rotatable bonds is 8. The van der Waals surface area contributed by atoms with Gasteiger partial charge in [0.15, 0.2) is 6.04 Å². The van der Waals surface area contributed by atoms with E-state index < -0.39 is 66.8 Å². The van der Waals surface area contributed by atoms with Crippen LogP contribution in [-0.4, -0.2) is 83.2 Å². The van der Waals surface area contributed by atoms with Crippen LogP contribution in [0, 0.1) is 0 Å². The van der Waals surface area contributed by atoms with E-state index in [2.05, 4.69) is 10.1 Å². The van der Waals surface area contributed by atoms with Crippen molar-refractivity contribution < 1.29 is 55.0 Å². The van der Waals surface area contributed by atoms with E-state index in [1.807, 2.05) is 0 Å². The van der Waals surface area contributed by atoms with E-state index in [4.69, 9.17) is 21.1 Å². The third kappa shape index (κ3) is 5.01. The van der Waals surface area contributed by atoms with Gasteiger partial charge in [-0.1, -0.05) is 23.7 Å². The Morgan fingerprint density at radius 1 is 1.07 bits per heavy atom. The molecule has 0 aromatic heterocycles. The Morgan fingerprint density at radius 3 is 2.37 bits per heavy atom. The van der Waals surface area contributed by atoms with Gasteiger partial charge < -0.3 is 24.6 Å². The Hall–Kier alpha value is -4.05. The molecule has 246 valence electrons. The van der Waals surface area contributed by atoms with Crippen molar-refractivity contribution in [1.82, 2.24) is 5.32 Å². The molecular weight excluding hydrogens is 655 g/mol. The van der Waals surface area contributed by atoms with Crippen LogP contribution in [0.5, 0.6) is 17.2 Å². The fraction of sp³-hybridized carbons (Fsp3) is 0.333. The van der Waals surface area contributed by atoms with Crippen LogP contribution in [0.1, 0.15) is 17.5 Å². The number of fused-ring (bicyclic) bond motifs is 1. The molecular formula is C30H30ClF3N3O8S+. The normalized spacial score (nSPS) is 24.5. The molecule has 2 amide bonds. The van der Waals surface area contributed by atoms with E-state index in [9.17, 15) is 31.5 Å². The van der Waals surface area contributed by atoms with Crippen LogP contribution in [0.15, 0.2) is 65.6 Å². The zero-order valence-corrected chi connectivity index (χ0v) is 26.5. The number of carbonyl (C=O) groups is 2. The lowest BCUT2D eigenvalue weighted by Crippen LogP contribution is -2.69. The topological polar surface area (TPSA) is 131 Å². The molecule has 1 fully saturated rings. The zero-order chi connectivity index (χ0) is 33.8. The summed E-state index contributed by atoms with van der Waals surface area (Å²) >= 11 is 6.49. The van der Waals surface area contributed by atoms with Crippen molar-refractivity contribution in [1.29, 1.82) is 0 Å². The van der Waals surface area contributed by atoms with Crippen LogP contribution in [0.4, 0.5) is 18.9 Å². The summed E-state index contributed by atoms with van der Waals surface area (Å²) in [7, 11) is 0.434. The predicted octanol–water partition coefficient (Wildman–Crippen LogP) is 3.56. The summed E-state index contributed by atoms with van der Waals surface area (Å²) in [5.74, 6) is -2.64. The van der Waals surface area contributed by atoms with Gasteiger partial charge in [-0.05, 0) is 42.5 Å². The summed E-state index contributed by atoms with van der Waals surface area (Å²) < 4.78 is 82.7. The van der Waals surface area contributed by atoms with Gasteiger partial charge >= 0.3 is 12.3 Å². The number of anilines is 1. The molecule has 0 radical (unpaired) electrons. The lowest BCUT2D eigenvalue weighted by molar-refractivity contribution is -0.953. The number of alkyl halides is 3. The first-order valence-corrected chi connectivity index (χ1v) is 15.6. The van der Waals surface area contributed by atoms with Gasteiger partial charge in [-0.15, -0.1) is 13.2 Å². The number of aliphatic hydroxyl groups is 1. The minimum atomic E-state index is -5.07. The average Bonchev–Trinajstić information content (AvgIpc) is 3.46. The minimum Gasteiger partial charge on any atom is -0.496 e. The quantitative estimate of drug-likeness (QED) is 0.345. The highest BCUT2D eigenvalue weighted by atomic mass is 35.5. The van der Waals surface area contributed by atoms with Crippen molar-refractivity contribution >= 4 is 39.1 Å². The molecule has 2 aliphatic rings. The van der Waals surface area contributed by atoms with Crippen LogP contribution in [0.3, 0.4) is 0 Å². The molecule has 1 saturated heterocycles. The second-order valence-electron chi connectivity index (χ2n) is 11.0. The number of aliphatic hydroxyl groups excluding tert-OH is 1. The first-order valence-electron chi connectivity index (χ1n) is 13.8. The predicted molar refractivity (Wildman–Crippen MR) is 159 cm³/mol. The second kappa shape index (κ2) is 11.6. The van der Waals surface area contributed by atoms with Gasteiger partial charge in [0.1, 0.15) is 34.8 Å². The highest BCUT2D eigenvalue weighted by Crippen LogP contribution is 2.58. The number of likely N-dealkylation sites (N-methyl/N-ethyl adjacent to an activating group) is 2. The number of carbonyl (C=O) groups excluding carboxylic acids is 2. The number of amides is 2. The van der Waals surface area contributed by atoms with E-state index >= 15 is 4.79 Å². The molecule has 0 aliphatic carbocycles. The molecule has 3 aromatic carbocycles. The largest absolute Gasteiger partial charge is 0.573 e. The number of quaternary nitrogens is 1. The second-order valence-corrected chi connectivity index (χ2v) is 13.2. The Labute approximate surface area is 267 Å². The molecule has 0 saturated carbocycles. The standard InChI is InChI=1S/C30H29ClF3N3O8S/c1-35-27(39)23-14-18(38)16-37(23,2)29(20-7-5-6-8-24(20)43-3)21-13-17(31)9-11-22(21)36(28(29)40)46(41,42)26-12-10-19(15-25(26)44-4)45-30(32,33)34/h5-13,15,18,23,38H,14,16H2,1-4H3/p+1/t18-,23+,29?,37?/m1/s1. The van der Waals surface area contributed by atoms with Gasteiger partial charge in [-0.25, -0.2) is 8.42 Å². The molecule has 0 spiro atoms. The number of halogens is 4. The van der Waals surface area contributed by atoms with Crippen LogP contribution in [0.2, 0.25) is 5.02 Å². The van der Waals surface area contributed by atoms with Crippen molar-refractivity contribution in [2.45, 2.75) is 35.4 Å². The SMILES string of the molecule is CNC(=O)[C@@H]1C[C@@H](O)C[N+]1(C)C1(c2ccccc2OC)C(=O)N(S(=O)(=O)c2ccc(OC(F)(F)F)cc2OC)c2ccc(Cl)cc21. The molecule has 4 atom stereocenters. The molecule has 2 heterocycles. The highest BCUT2D eigenvalue weighted by Gasteiger charge is 2.72. The van der Waals surface area contributed by atoms with E-state index in [1.54, 1.807) is 31.3 Å². The molecule has 2 aliphatic heterocycles. The van der Waals surface area contributed by atoms with Gasteiger partial charge in [0, 0.05) is 24.6 Å². The Kier molecular flexibility index (Phi) is 8.43. The van der Waals surface area contributed by atoms with Gasteiger partial charge in [-0.2, -0.15) is 4.31 Å². The molecule has 11 nitrogen and oxygen atoms in total. The number of para-hydroxylation sites is 1. The first kappa shape index (κ1) is 33.3. The first-order chi connectivity index (χ1) is 21.6. The van der Waals surface area contributed by atoms with E-state index in [1.165, 1.54) is 32.4 Å². The monoisotopic (exact) mass is 684 g/mol.